The van der Waals surface area contributed by atoms with E-state index in [1.54, 1.807) is 62.1 Å². The smallest absolute Gasteiger partial charge is 0.245 e. The van der Waals surface area contributed by atoms with Crippen molar-refractivity contribution in [1.29, 1.82) is 0 Å². The molecule has 1 aromatic carbocycles. The maximum atomic E-state index is 14.6. The molecular weight excluding hydrogens is 1250 g/mol. The Morgan fingerprint density at radius 1 is 0.753 bits per heavy atom. The SMILES string of the molecule is CC[C@H](C)[C@@H]([C@@H](CC(=O)N1CCC[C@H]1[C@H](OC)[C@@H](C)C(=O)N[C@@H](Cc1ccccc1)C(=O)NCCC[Si](C)(C)O[Si](C)(C)CSc1ncc(COCCOCCOCCOCCOCCOCCN=[N+]=[N-])cn1)OC)N(C)C(=O)[C@@H](NC(=O)[C@H](C(C)C)N(C)C)C(C)C. The van der Waals surface area contributed by atoms with Crippen molar-refractivity contribution in [3.05, 3.63) is 64.3 Å². The van der Waals surface area contributed by atoms with Crippen LogP contribution < -0.4 is 16.0 Å². The highest BCUT2D eigenvalue weighted by Gasteiger charge is 2.44. The van der Waals surface area contributed by atoms with Gasteiger partial charge < -0.3 is 67.8 Å². The van der Waals surface area contributed by atoms with Crippen molar-refractivity contribution in [3.63, 3.8) is 0 Å². The lowest BCUT2D eigenvalue weighted by molar-refractivity contribution is -0.148. The van der Waals surface area contributed by atoms with Crippen LogP contribution in [0.1, 0.15) is 91.7 Å². The number of likely N-dealkylation sites (N-methyl/N-ethyl adjacent to an activating group) is 2. The number of nitrogens with zero attached hydrogens (tertiary/aromatic N) is 8. The van der Waals surface area contributed by atoms with Crippen LogP contribution in [0, 0.1) is 23.7 Å². The minimum atomic E-state index is -2.18. The Bertz CT molecular complexity index is 2500. The Hall–Kier alpha value is -4.66. The quantitative estimate of drug-likeness (QED) is 0.0111. The number of carbonyl (C=O) groups excluding carboxylic acids is 5. The molecule has 2 aromatic rings. The number of hydrogen-bond donors (Lipinski definition) is 3. The van der Waals surface area contributed by atoms with Gasteiger partial charge in [0.2, 0.25) is 29.5 Å². The van der Waals surface area contributed by atoms with Crippen LogP contribution in [0.15, 0.2) is 53.0 Å². The zero-order chi connectivity index (χ0) is 68.9. The van der Waals surface area contributed by atoms with Crippen molar-refractivity contribution in [1.82, 2.24) is 40.6 Å². The molecule has 1 aliphatic heterocycles. The number of benzene rings is 1. The average Bonchev–Trinajstić information content (AvgIpc) is 1.81. The Balaban J connectivity index is 1.49. The molecule has 25 nitrogen and oxygen atoms in total. The second-order valence-corrected chi connectivity index (χ2v) is 36.1. The number of thioether (sulfide) groups is 1. The fourth-order valence-corrected chi connectivity index (χ4v) is 22.0. The third-order valence-electron chi connectivity index (χ3n) is 16.4. The number of aromatic nitrogens is 2. The van der Waals surface area contributed by atoms with E-state index in [0.29, 0.717) is 130 Å². The average molecular weight is 1360 g/mol. The van der Waals surface area contributed by atoms with Gasteiger partial charge in [-0.2, -0.15) is 0 Å². The number of hydrogen-bond acceptors (Lipinski definition) is 19. The summed E-state index contributed by atoms with van der Waals surface area (Å²) in [4.78, 5) is 88.4. The first kappa shape index (κ1) is 82.6. The summed E-state index contributed by atoms with van der Waals surface area (Å²) in [6.45, 7) is 28.9. The Morgan fingerprint density at radius 2 is 1.33 bits per heavy atom. The second-order valence-electron chi connectivity index (χ2n) is 26.0. The summed E-state index contributed by atoms with van der Waals surface area (Å²) in [6.07, 6.45) is 5.19. The van der Waals surface area contributed by atoms with E-state index in [1.165, 1.54) is 0 Å². The highest BCUT2D eigenvalue weighted by atomic mass is 32.2. The molecule has 2 heterocycles. The summed E-state index contributed by atoms with van der Waals surface area (Å²) in [5, 5.41) is 14.1. The third-order valence-corrected chi connectivity index (χ3v) is 26.2. The molecule has 0 bridgehead atoms. The van der Waals surface area contributed by atoms with Crippen LogP contribution in [-0.4, -0.2) is 246 Å². The number of likely N-dealkylation sites (tertiary alicyclic amines) is 1. The predicted octanol–water partition coefficient (Wildman–Crippen LogP) is 7.33. The normalized spacial score (nSPS) is 16.3. The predicted molar refractivity (Wildman–Crippen MR) is 366 cm³/mol. The molecule has 0 aliphatic carbocycles. The zero-order valence-electron chi connectivity index (χ0n) is 58.9. The summed E-state index contributed by atoms with van der Waals surface area (Å²) in [6, 6.07) is 7.38. The first-order valence-corrected chi connectivity index (χ1v) is 40.3. The fraction of sp³-hybridized carbons (Fsp3) is 0.769. The molecule has 1 aromatic heterocycles. The molecule has 5 amide bonds. The summed E-state index contributed by atoms with van der Waals surface area (Å²) < 4.78 is 52.3. The Labute approximate surface area is 561 Å². The topological polar surface area (TPSA) is 289 Å². The van der Waals surface area contributed by atoms with Gasteiger partial charge in [0.15, 0.2) is 21.8 Å². The maximum absolute atomic E-state index is 14.6. The van der Waals surface area contributed by atoms with Gasteiger partial charge in [-0.05, 0) is 94.4 Å². The number of carbonyl (C=O) groups is 5. The molecule has 0 spiro atoms. The van der Waals surface area contributed by atoms with Gasteiger partial charge in [-0.3, -0.25) is 28.9 Å². The third kappa shape index (κ3) is 31.0. The Kier molecular flexibility index (Phi) is 39.9. The van der Waals surface area contributed by atoms with Crippen LogP contribution in [-0.2, 0) is 79.0 Å². The molecule has 528 valence electrons. The van der Waals surface area contributed by atoms with E-state index < -0.39 is 65.0 Å². The van der Waals surface area contributed by atoms with Crippen LogP contribution in [0.5, 0.6) is 0 Å². The van der Waals surface area contributed by atoms with Crippen molar-refractivity contribution in [2.45, 2.75) is 173 Å². The molecule has 0 radical (unpaired) electrons. The van der Waals surface area contributed by atoms with Crippen molar-refractivity contribution in [3.8, 4) is 0 Å². The Morgan fingerprint density at radius 3 is 1.86 bits per heavy atom. The molecule has 0 saturated carbocycles. The summed E-state index contributed by atoms with van der Waals surface area (Å²) in [5.74, 6) is -2.29. The molecule has 9 atom stereocenters. The number of ether oxygens (including phenoxy) is 8. The lowest BCUT2D eigenvalue weighted by atomic mass is 9.89. The molecule has 1 fully saturated rings. The van der Waals surface area contributed by atoms with Gasteiger partial charge in [-0.25, -0.2) is 9.97 Å². The molecule has 3 N–H and O–H groups in total. The molecule has 0 unspecified atom stereocenters. The highest BCUT2D eigenvalue weighted by molar-refractivity contribution is 8.00. The molecule has 1 aliphatic rings. The fourth-order valence-electron chi connectivity index (χ4n) is 11.6. The molecule has 3 rings (SSSR count). The number of azide groups is 1. The standard InChI is InChI=1S/C65H115N11O14SSi2/c1-17-49(6)59(75(10)64(81)57(47(2)3)72-63(80)58(48(4)5)74(8)9)55(82-11)42-56(77)76-28-21-25-54(76)60(83-12)50(7)61(78)71-53(41-51-23-19-18-20-24-51)62(79)67-26-22-40-92(13,14)90-93(15,16)46-91-65-68-43-52(44-69-65)45-89-39-38-88-37-36-87-35-34-86-33-32-85-31-30-84-29-27-70-73-66/h18-20,23-24,43-44,47-50,53-55,57-60H,17,21-22,25-42,45-46H2,1-16H3,(H,67,79)(H,71,78)(H,72,80)/t49-,50+,53-,54-,55+,57-,58-,59-,60+/m0/s1. The van der Waals surface area contributed by atoms with E-state index in [-0.39, 0.29) is 60.1 Å². The monoisotopic (exact) mass is 1360 g/mol. The van der Waals surface area contributed by atoms with Gasteiger partial charge in [0, 0.05) is 75.6 Å². The van der Waals surface area contributed by atoms with E-state index >= 15 is 0 Å². The van der Waals surface area contributed by atoms with E-state index in [1.807, 2.05) is 90.9 Å². The summed E-state index contributed by atoms with van der Waals surface area (Å²) in [7, 11) is 4.20. The van der Waals surface area contributed by atoms with Gasteiger partial charge in [0.1, 0.15) is 12.1 Å². The van der Waals surface area contributed by atoms with Gasteiger partial charge in [0.05, 0.1) is 122 Å². The lowest BCUT2D eigenvalue weighted by Gasteiger charge is -2.41. The van der Waals surface area contributed by atoms with Crippen molar-refractivity contribution in [2.75, 3.05) is 133 Å². The first-order valence-electron chi connectivity index (χ1n) is 33.1. The number of rotatable bonds is 50. The molecule has 1 saturated heterocycles. The summed E-state index contributed by atoms with van der Waals surface area (Å²) >= 11 is 1.59. The van der Waals surface area contributed by atoms with Crippen molar-refractivity contribution in [2.24, 2.45) is 28.8 Å². The number of methoxy groups -OCH3 is 2. The van der Waals surface area contributed by atoms with Gasteiger partial charge in [-0.15, -0.1) is 0 Å². The van der Waals surface area contributed by atoms with Gasteiger partial charge >= 0.3 is 0 Å². The molecule has 28 heteroatoms. The van der Waals surface area contributed by atoms with Crippen LogP contribution >= 0.6 is 11.8 Å². The molecule has 93 heavy (non-hydrogen) atoms. The number of amides is 5. The van der Waals surface area contributed by atoms with Gasteiger partial charge in [0.25, 0.3) is 0 Å². The van der Waals surface area contributed by atoms with E-state index in [2.05, 4.69) is 62.1 Å². The second kappa shape index (κ2) is 45.0. The van der Waals surface area contributed by atoms with Crippen LogP contribution in [0.2, 0.25) is 32.2 Å². The largest absolute Gasteiger partial charge is 0.455 e. The van der Waals surface area contributed by atoms with Crippen molar-refractivity contribution < 1.29 is 66.0 Å². The first-order chi connectivity index (χ1) is 44.3. The minimum absolute atomic E-state index is 0.0165. The number of nitrogens with one attached hydrogen (secondary N) is 3. The van der Waals surface area contributed by atoms with E-state index in [4.69, 9.17) is 47.5 Å². The van der Waals surface area contributed by atoms with E-state index in [9.17, 15) is 24.0 Å². The minimum Gasteiger partial charge on any atom is -0.455 e. The van der Waals surface area contributed by atoms with Crippen LogP contribution in [0.4, 0.5) is 0 Å². The van der Waals surface area contributed by atoms with Crippen molar-refractivity contribution >= 4 is 57.9 Å². The van der Waals surface area contributed by atoms with Crippen LogP contribution in [0.25, 0.3) is 10.4 Å². The maximum Gasteiger partial charge on any atom is 0.245 e. The summed E-state index contributed by atoms with van der Waals surface area (Å²) in [5.41, 5.74) is 9.99. The molecular formula is C65H115N11O14SSi2. The zero-order valence-corrected chi connectivity index (χ0v) is 61.7. The highest BCUT2D eigenvalue weighted by Crippen LogP contribution is 2.31. The van der Waals surface area contributed by atoms with E-state index in [0.717, 1.165) is 22.5 Å². The lowest BCUT2D eigenvalue weighted by Crippen LogP contribution is -2.59. The van der Waals surface area contributed by atoms with Gasteiger partial charge in [-0.1, -0.05) is 102 Å². The van der Waals surface area contributed by atoms with Crippen LogP contribution in [0.3, 0.4) is 0 Å².